The van der Waals surface area contributed by atoms with E-state index in [0.717, 1.165) is 23.3 Å². The SMILES string of the molecule is CC(=O)N1CCCC1C(=O)N1Cc2ccc(-c3cncs3)cc2C1C. The molecule has 3 heterocycles. The molecule has 4 rings (SSSR count). The van der Waals surface area contributed by atoms with E-state index in [1.807, 2.05) is 16.6 Å². The van der Waals surface area contributed by atoms with Crippen LogP contribution in [-0.2, 0) is 16.1 Å². The molecule has 1 saturated heterocycles. The molecular formula is C19H21N3O2S. The third kappa shape index (κ3) is 2.74. The highest BCUT2D eigenvalue weighted by Gasteiger charge is 2.39. The van der Waals surface area contributed by atoms with Gasteiger partial charge in [-0.15, -0.1) is 11.3 Å². The molecule has 1 aromatic heterocycles. The van der Waals surface area contributed by atoms with E-state index in [0.29, 0.717) is 13.1 Å². The Morgan fingerprint density at radius 3 is 2.84 bits per heavy atom. The lowest BCUT2D eigenvalue weighted by Gasteiger charge is -2.29. The second kappa shape index (κ2) is 6.26. The molecule has 2 aliphatic heterocycles. The molecule has 2 aliphatic rings. The Balaban J connectivity index is 1.59. The van der Waals surface area contributed by atoms with E-state index in [9.17, 15) is 9.59 Å². The maximum atomic E-state index is 13.1. The molecule has 0 bridgehead atoms. The largest absolute Gasteiger partial charge is 0.331 e. The van der Waals surface area contributed by atoms with E-state index >= 15 is 0 Å². The molecule has 5 nitrogen and oxygen atoms in total. The van der Waals surface area contributed by atoms with Crippen LogP contribution in [-0.4, -0.2) is 39.2 Å². The first kappa shape index (κ1) is 16.3. The van der Waals surface area contributed by atoms with Crippen LogP contribution >= 0.6 is 11.3 Å². The molecule has 1 aromatic carbocycles. The van der Waals surface area contributed by atoms with Crippen molar-refractivity contribution < 1.29 is 9.59 Å². The molecular weight excluding hydrogens is 334 g/mol. The lowest BCUT2D eigenvalue weighted by molar-refractivity contribution is -0.144. The number of nitrogens with zero attached hydrogens (tertiary/aromatic N) is 3. The summed E-state index contributed by atoms with van der Waals surface area (Å²) in [7, 11) is 0. The second-order valence-corrected chi connectivity index (χ2v) is 7.68. The molecule has 2 amide bonds. The van der Waals surface area contributed by atoms with Crippen molar-refractivity contribution >= 4 is 23.2 Å². The Morgan fingerprint density at radius 1 is 1.28 bits per heavy atom. The number of benzene rings is 1. The second-order valence-electron chi connectivity index (χ2n) is 6.79. The number of hydrogen-bond donors (Lipinski definition) is 0. The average molecular weight is 355 g/mol. The quantitative estimate of drug-likeness (QED) is 0.831. The van der Waals surface area contributed by atoms with Gasteiger partial charge in [0, 0.05) is 26.2 Å². The van der Waals surface area contributed by atoms with Crippen molar-refractivity contribution in [1.82, 2.24) is 14.8 Å². The number of aromatic nitrogens is 1. The van der Waals surface area contributed by atoms with Crippen LogP contribution in [0.25, 0.3) is 10.4 Å². The number of rotatable bonds is 2. The maximum absolute atomic E-state index is 13.1. The number of likely N-dealkylation sites (tertiary alicyclic amines) is 1. The molecule has 25 heavy (non-hydrogen) atoms. The molecule has 2 unspecified atom stereocenters. The van der Waals surface area contributed by atoms with Crippen molar-refractivity contribution in [1.29, 1.82) is 0 Å². The summed E-state index contributed by atoms with van der Waals surface area (Å²) in [4.78, 5) is 33.8. The molecule has 2 aromatic rings. The standard InChI is InChI=1S/C19H21N3O2S/c1-12-16-8-14(18-9-20-11-25-18)5-6-15(16)10-22(12)19(24)17-4-3-7-21(17)13(2)23/h5-6,8-9,11-12,17H,3-4,7,10H2,1-2H3. The van der Waals surface area contributed by atoms with Gasteiger partial charge in [0.25, 0.3) is 0 Å². The molecule has 130 valence electrons. The lowest BCUT2D eigenvalue weighted by Crippen LogP contribution is -2.46. The van der Waals surface area contributed by atoms with Gasteiger partial charge in [0.1, 0.15) is 6.04 Å². The van der Waals surface area contributed by atoms with E-state index in [1.165, 1.54) is 11.1 Å². The van der Waals surface area contributed by atoms with Crippen LogP contribution in [0.15, 0.2) is 29.9 Å². The van der Waals surface area contributed by atoms with Gasteiger partial charge in [-0.1, -0.05) is 12.1 Å². The van der Waals surface area contributed by atoms with Gasteiger partial charge >= 0.3 is 0 Å². The summed E-state index contributed by atoms with van der Waals surface area (Å²) in [5.41, 5.74) is 5.37. The summed E-state index contributed by atoms with van der Waals surface area (Å²) in [6.07, 6.45) is 3.54. The van der Waals surface area contributed by atoms with Crippen LogP contribution in [0.5, 0.6) is 0 Å². The lowest BCUT2D eigenvalue weighted by atomic mass is 10.0. The van der Waals surface area contributed by atoms with Crippen LogP contribution in [0.1, 0.15) is 43.9 Å². The smallest absolute Gasteiger partial charge is 0.246 e. The van der Waals surface area contributed by atoms with Crippen molar-refractivity contribution in [3.05, 3.63) is 41.0 Å². The van der Waals surface area contributed by atoms with Gasteiger partial charge in [-0.25, -0.2) is 0 Å². The molecule has 0 saturated carbocycles. The molecule has 0 radical (unpaired) electrons. The van der Waals surface area contributed by atoms with Gasteiger partial charge in [-0.3, -0.25) is 14.6 Å². The van der Waals surface area contributed by atoms with E-state index in [2.05, 4.69) is 30.1 Å². The molecule has 0 aliphatic carbocycles. The number of carbonyl (C=O) groups excluding carboxylic acids is 2. The monoisotopic (exact) mass is 355 g/mol. The van der Waals surface area contributed by atoms with E-state index in [-0.39, 0.29) is 23.9 Å². The normalized spacial score (nSPS) is 22.3. The number of amides is 2. The molecule has 2 atom stereocenters. The number of fused-ring (bicyclic) bond motifs is 1. The zero-order valence-corrected chi connectivity index (χ0v) is 15.3. The van der Waals surface area contributed by atoms with Gasteiger partial charge in [0.2, 0.25) is 11.8 Å². The minimum absolute atomic E-state index is 0.00676. The minimum atomic E-state index is -0.296. The van der Waals surface area contributed by atoms with Crippen molar-refractivity contribution in [2.45, 2.75) is 45.3 Å². The fraction of sp³-hybridized carbons (Fsp3) is 0.421. The third-order valence-corrected chi connectivity index (χ3v) is 6.17. The van der Waals surface area contributed by atoms with E-state index < -0.39 is 0 Å². The van der Waals surface area contributed by atoms with Gasteiger partial charge in [-0.2, -0.15) is 0 Å². The van der Waals surface area contributed by atoms with Crippen LogP contribution in [0, 0.1) is 0 Å². The van der Waals surface area contributed by atoms with Crippen LogP contribution < -0.4 is 0 Å². The summed E-state index contributed by atoms with van der Waals surface area (Å²) in [6.45, 7) is 4.94. The number of thiazole rings is 1. The number of carbonyl (C=O) groups is 2. The van der Waals surface area contributed by atoms with Crippen LogP contribution in [0.4, 0.5) is 0 Å². The Kier molecular flexibility index (Phi) is 4.07. The van der Waals surface area contributed by atoms with Crippen molar-refractivity contribution in [2.24, 2.45) is 0 Å². The van der Waals surface area contributed by atoms with Crippen molar-refractivity contribution in [2.75, 3.05) is 6.54 Å². The molecule has 0 spiro atoms. The predicted octanol–water partition coefficient (Wildman–Crippen LogP) is 3.22. The Bertz CT molecular complexity index is 818. The maximum Gasteiger partial charge on any atom is 0.246 e. The first-order chi connectivity index (χ1) is 12.1. The van der Waals surface area contributed by atoms with Crippen LogP contribution in [0.3, 0.4) is 0 Å². The Labute approximate surface area is 151 Å². The zero-order valence-electron chi connectivity index (χ0n) is 14.4. The molecule has 6 heteroatoms. The third-order valence-electron chi connectivity index (χ3n) is 5.35. The first-order valence-electron chi connectivity index (χ1n) is 8.65. The highest BCUT2D eigenvalue weighted by atomic mass is 32.1. The summed E-state index contributed by atoms with van der Waals surface area (Å²) in [5.74, 6) is 0.0726. The molecule has 0 N–H and O–H groups in total. The average Bonchev–Trinajstić information content (AvgIpc) is 3.34. The zero-order chi connectivity index (χ0) is 17.6. The van der Waals surface area contributed by atoms with E-state index in [1.54, 1.807) is 23.2 Å². The summed E-state index contributed by atoms with van der Waals surface area (Å²) in [5, 5.41) is 0. The van der Waals surface area contributed by atoms with E-state index in [4.69, 9.17) is 0 Å². The van der Waals surface area contributed by atoms with Crippen molar-refractivity contribution in [3.63, 3.8) is 0 Å². The highest BCUT2D eigenvalue weighted by molar-refractivity contribution is 7.13. The van der Waals surface area contributed by atoms with Gasteiger partial charge in [0.15, 0.2) is 0 Å². The topological polar surface area (TPSA) is 53.5 Å². The Morgan fingerprint density at radius 2 is 2.12 bits per heavy atom. The minimum Gasteiger partial charge on any atom is -0.331 e. The van der Waals surface area contributed by atoms with Crippen molar-refractivity contribution in [3.8, 4) is 10.4 Å². The predicted molar refractivity (Wildman–Crippen MR) is 96.9 cm³/mol. The number of hydrogen-bond acceptors (Lipinski definition) is 4. The van der Waals surface area contributed by atoms with Gasteiger partial charge in [-0.05, 0) is 42.5 Å². The van der Waals surface area contributed by atoms with Gasteiger partial charge in [0.05, 0.1) is 16.4 Å². The summed E-state index contributed by atoms with van der Waals surface area (Å²) in [6, 6.07) is 6.13. The first-order valence-corrected chi connectivity index (χ1v) is 9.53. The van der Waals surface area contributed by atoms with Gasteiger partial charge < -0.3 is 9.80 Å². The summed E-state index contributed by atoms with van der Waals surface area (Å²) >= 11 is 1.62. The Hall–Kier alpha value is -2.21. The highest BCUT2D eigenvalue weighted by Crippen LogP contribution is 2.38. The fourth-order valence-electron chi connectivity index (χ4n) is 3.99. The summed E-state index contributed by atoms with van der Waals surface area (Å²) < 4.78 is 0. The molecule has 1 fully saturated rings. The fourth-order valence-corrected chi connectivity index (χ4v) is 4.61. The van der Waals surface area contributed by atoms with Crippen LogP contribution in [0.2, 0.25) is 0 Å².